The van der Waals surface area contributed by atoms with Crippen molar-refractivity contribution >= 4 is 44.3 Å². The van der Waals surface area contributed by atoms with Crippen LogP contribution in [-0.2, 0) is 4.79 Å². The summed E-state index contributed by atoms with van der Waals surface area (Å²) in [5.41, 5.74) is 11.8. The standard InChI is InChI=1S/C26H30N8OS/c1-32(2)8-3-4-22(35)33-9-7-16-10-19(11-18(16)13-33)34-26-23(25(27)28-14-29-26)24(31-34)17-5-6-20-21(12-17)36-15-30-20/h3-6,12,14-16,18-19H,7-11,13H2,1-2H3,(H2,27,28,29). The number of benzene rings is 1. The third kappa shape index (κ3) is 4.14. The molecule has 1 saturated heterocycles. The zero-order chi connectivity index (χ0) is 24.8. The fourth-order valence-corrected chi connectivity index (χ4v) is 6.49. The number of hydrogen-bond donors (Lipinski definition) is 1. The van der Waals surface area contributed by atoms with Gasteiger partial charge in [0.15, 0.2) is 5.65 Å². The van der Waals surface area contributed by atoms with Gasteiger partial charge in [-0.3, -0.25) is 4.79 Å². The lowest BCUT2D eigenvalue weighted by Gasteiger charge is -2.34. The first-order valence-corrected chi connectivity index (χ1v) is 13.3. The number of carbonyl (C=O) groups is 1. The van der Waals surface area contributed by atoms with Crippen LogP contribution >= 0.6 is 11.3 Å². The number of nitrogens with zero attached hydrogens (tertiary/aromatic N) is 7. The van der Waals surface area contributed by atoms with Gasteiger partial charge in [0.25, 0.3) is 0 Å². The van der Waals surface area contributed by atoms with Crippen molar-refractivity contribution in [3.05, 3.63) is 42.2 Å². The van der Waals surface area contributed by atoms with Gasteiger partial charge in [0.05, 0.1) is 27.2 Å². The van der Waals surface area contributed by atoms with Crippen molar-refractivity contribution in [2.75, 3.05) is 39.5 Å². The van der Waals surface area contributed by atoms with Gasteiger partial charge < -0.3 is 15.5 Å². The Labute approximate surface area is 213 Å². The third-order valence-corrected chi connectivity index (χ3v) is 8.34. The summed E-state index contributed by atoms with van der Waals surface area (Å²) in [6, 6.07) is 6.40. The zero-order valence-corrected chi connectivity index (χ0v) is 21.4. The van der Waals surface area contributed by atoms with Crippen molar-refractivity contribution in [2.45, 2.75) is 25.3 Å². The molecule has 4 heterocycles. The zero-order valence-electron chi connectivity index (χ0n) is 20.5. The van der Waals surface area contributed by atoms with Crippen LogP contribution in [0.1, 0.15) is 25.3 Å². The van der Waals surface area contributed by atoms with Crippen LogP contribution in [0.25, 0.3) is 32.5 Å². The molecule has 3 unspecified atom stereocenters. The van der Waals surface area contributed by atoms with Crippen LogP contribution < -0.4 is 5.73 Å². The summed E-state index contributed by atoms with van der Waals surface area (Å²) in [5.74, 6) is 1.61. The fraction of sp³-hybridized carbons (Fsp3) is 0.423. The number of nitrogen functional groups attached to an aromatic ring is 1. The topological polar surface area (TPSA) is 106 Å². The van der Waals surface area contributed by atoms with Gasteiger partial charge in [-0.2, -0.15) is 5.10 Å². The highest BCUT2D eigenvalue weighted by Gasteiger charge is 2.40. The van der Waals surface area contributed by atoms with Crippen LogP contribution in [0.5, 0.6) is 0 Å². The average Bonchev–Trinajstić information content (AvgIpc) is 3.59. The van der Waals surface area contributed by atoms with Crippen molar-refractivity contribution < 1.29 is 4.79 Å². The Bertz CT molecular complexity index is 1460. The number of nitrogens with two attached hydrogens (primary N) is 1. The first-order valence-electron chi connectivity index (χ1n) is 12.4. The predicted molar refractivity (Wildman–Crippen MR) is 142 cm³/mol. The van der Waals surface area contributed by atoms with E-state index in [9.17, 15) is 4.79 Å². The Morgan fingerprint density at radius 3 is 2.94 bits per heavy atom. The molecule has 1 aromatic carbocycles. The first-order chi connectivity index (χ1) is 17.5. The lowest BCUT2D eigenvalue weighted by molar-refractivity contribution is -0.128. The molecule has 3 atom stereocenters. The summed E-state index contributed by atoms with van der Waals surface area (Å²) in [7, 11) is 4.00. The van der Waals surface area contributed by atoms with E-state index >= 15 is 0 Å². The maximum absolute atomic E-state index is 12.7. The van der Waals surface area contributed by atoms with E-state index in [4.69, 9.17) is 10.8 Å². The molecule has 186 valence electrons. The number of piperidine rings is 1. The monoisotopic (exact) mass is 502 g/mol. The van der Waals surface area contributed by atoms with Crippen molar-refractivity contribution in [3.8, 4) is 11.3 Å². The molecule has 0 bridgehead atoms. The van der Waals surface area contributed by atoms with Crippen LogP contribution in [0.2, 0.25) is 0 Å². The highest BCUT2D eigenvalue weighted by molar-refractivity contribution is 7.16. The molecule has 1 aliphatic carbocycles. The normalized spacial score (nSPS) is 22.3. The molecule has 4 aromatic rings. The van der Waals surface area contributed by atoms with Crippen molar-refractivity contribution in [3.63, 3.8) is 0 Å². The first kappa shape index (κ1) is 23.1. The van der Waals surface area contributed by atoms with Gasteiger partial charge in [0.1, 0.15) is 17.8 Å². The van der Waals surface area contributed by atoms with Crippen molar-refractivity contribution in [2.24, 2.45) is 11.8 Å². The van der Waals surface area contributed by atoms with Crippen LogP contribution in [0.3, 0.4) is 0 Å². The van der Waals surface area contributed by atoms with Gasteiger partial charge in [-0.25, -0.2) is 19.6 Å². The summed E-state index contributed by atoms with van der Waals surface area (Å²) < 4.78 is 3.18. The van der Waals surface area contributed by atoms with Crippen molar-refractivity contribution in [1.29, 1.82) is 0 Å². The molecule has 2 fully saturated rings. The summed E-state index contributed by atoms with van der Waals surface area (Å²) in [6.07, 6.45) is 8.23. The molecular weight excluding hydrogens is 472 g/mol. The number of fused-ring (bicyclic) bond motifs is 3. The Morgan fingerprint density at radius 1 is 1.22 bits per heavy atom. The van der Waals surface area contributed by atoms with Gasteiger partial charge in [-0.05, 0) is 57.3 Å². The summed E-state index contributed by atoms with van der Waals surface area (Å²) in [6.45, 7) is 2.38. The minimum absolute atomic E-state index is 0.115. The molecule has 1 saturated carbocycles. The van der Waals surface area contributed by atoms with E-state index in [1.165, 1.54) is 6.33 Å². The van der Waals surface area contributed by atoms with E-state index in [0.29, 0.717) is 17.7 Å². The molecular formula is C26H30N8OS. The van der Waals surface area contributed by atoms with Crippen molar-refractivity contribution in [1.82, 2.24) is 34.5 Å². The molecule has 0 radical (unpaired) electrons. The molecule has 36 heavy (non-hydrogen) atoms. The van der Waals surface area contributed by atoms with Crippen LogP contribution in [-0.4, -0.2) is 74.2 Å². The lowest BCUT2D eigenvalue weighted by atomic mass is 9.89. The number of likely N-dealkylation sites (N-methyl/N-ethyl adjacent to an activating group) is 1. The Kier molecular flexibility index (Phi) is 5.93. The Hall–Kier alpha value is -3.37. The SMILES string of the molecule is CN(C)CC=CC(=O)N1CCC2CC(n3nc(-c4ccc5ncsc5c4)c4c(N)ncnc43)CC2C1. The van der Waals surface area contributed by atoms with E-state index in [0.717, 1.165) is 71.4 Å². The Balaban J connectivity index is 1.28. The van der Waals surface area contributed by atoms with Gasteiger partial charge >= 0.3 is 0 Å². The second-order valence-corrected chi connectivity index (χ2v) is 11.1. The number of carbonyl (C=O) groups excluding carboxylic acids is 1. The number of hydrogen-bond acceptors (Lipinski definition) is 8. The number of thiazole rings is 1. The molecule has 3 aromatic heterocycles. The maximum Gasteiger partial charge on any atom is 0.246 e. The molecule has 1 amide bonds. The highest BCUT2D eigenvalue weighted by Crippen LogP contribution is 2.45. The number of amides is 1. The second-order valence-electron chi connectivity index (χ2n) is 10.2. The van der Waals surface area contributed by atoms with Gasteiger partial charge in [-0.1, -0.05) is 12.1 Å². The minimum Gasteiger partial charge on any atom is -0.383 e. The van der Waals surface area contributed by atoms with Crippen LogP contribution in [0, 0.1) is 11.8 Å². The molecule has 1 aliphatic heterocycles. The van der Waals surface area contributed by atoms with Crippen LogP contribution in [0.15, 0.2) is 42.2 Å². The quantitative estimate of drug-likeness (QED) is 0.416. The molecule has 6 rings (SSSR count). The molecule has 2 aliphatic rings. The molecule has 10 heteroatoms. The summed E-state index contributed by atoms with van der Waals surface area (Å²) in [4.78, 5) is 30.1. The maximum atomic E-state index is 12.7. The second kappa shape index (κ2) is 9.25. The van der Waals surface area contributed by atoms with E-state index in [1.807, 2.05) is 47.6 Å². The minimum atomic E-state index is 0.115. The van der Waals surface area contributed by atoms with E-state index in [-0.39, 0.29) is 11.9 Å². The van der Waals surface area contributed by atoms with E-state index < -0.39 is 0 Å². The van der Waals surface area contributed by atoms with E-state index in [2.05, 4.69) is 25.7 Å². The number of rotatable bonds is 5. The summed E-state index contributed by atoms with van der Waals surface area (Å²) in [5, 5.41) is 5.89. The smallest absolute Gasteiger partial charge is 0.246 e. The molecule has 0 spiro atoms. The largest absolute Gasteiger partial charge is 0.383 e. The fourth-order valence-electron chi connectivity index (χ4n) is 5.78. The third-order valence-electron chi connectivity index (χ3n) is 7.55. The predicted octanol–water partition coefficient (Wildman–Crippen LogP) is 3.60. The molecule has 9 nitrogen and oxygen atoms in total. The van der Waals surface area contributed by atoms with E-state index in [1.54, 1.807) is 17.4 Å². The van der Waals surface area contributed by atoms with Gasteiger partial charge in [0.2, 0.25) is 5.91 Å². The number of anilines is 1. The lowest BCUT2D eigenvalue weighted by Crippen LogP contribution is -2.41. The van der Waals surface area contributed by atoms with Crippen LogP contribution in [0.4, 0.5) is 5.82 Å². The highest BCUT2D eigenvalue weighted by atomic mass is 32.1. The summed E-state index contributed by atoms with van der Waals surface area (Å²) >= 11 is 1.61. The average molecular weight is 503 g/mol. The molecule has 2 N–H and O–H groups in total. The Morgan fingerprint density at radius 2 is 2.08 bits per heavy atom. The van der Waals surface area contributed by atoms with Gasteiger partial charge in [0, 0.05) is 31.3 Å². The number of likely N-dealkylation sites (tertiary alicyclic amines) is 1. The number of aromatic nitrogens is 5. The van der Waals surface area contributed by atoms with Gasteiger partial charge in [-0.15, -0.1) is 11.3 Å².